The van der Waals surface area contributed by atoms with Gasteiger partial charge in [-0.05, 0) is 59.4 Å². The average Bonchev–Trinajstić information content (AvgIpc) is 3.17. The van der Waals surface area contributed by atoms with Crippen molar-refractivity contribution in [2.24, 2.45) is 0 Å². The van der Waals surface area contributed by atoms with E-state index in [1.807, 2.05) is 72.8 Å². The Hall–Kier alpha value is -3.09. The molecule has 3 aromatic rings. The zero-order valence-corrected chi connectivity index (χ0v) is 22.3. The number of carbonyl (C=O) groups excluding carboxylic acids is 1. The van der Waals surface area contributed by atoms with Gasteiger partial charge in [0.15, 0.2) is 0 Å². The Labute approximate surface area is 223 Å². The van der Waals surface area contributed by atoms with Gasteiger partial charge < -0.3 is 9.47 Å². The molecule has 1 saturated heterocycles. The molecule has 0 N–H and O–H groups in total. The second-order valence-corrected chi connectivity index (χ2v) is 10.4. The maximum absolute atomic E-state index is 12.9. The molecule has 0 bridgehead atoms. The van der Waals surface area contributed by atoms with E-state index in [0.29, 0.717) is 34.9 Å². The quantitative estimate of drug-likeness (QED) is 0.150. The number of thiocarbonyl (C=S) groups is 1. The van der Waals surface area contributed by atoms with Crippen LogP contribution < -0.4 is 9.47 Å². The lowest BCUT2D eigenvalue weighted by atomic mass is 9.99. The van der Waals surface area contributed by atoms with Crippen molar-refractivity contribution < 1.29 is 14.3 Å². The van der Waals surface area contributed by atoms with Crippen LogP contribution in [-0.2, 0) is 11.3 Å². The van der Waals surface area contributed by atoms with Gasteiger partial charge in [-0.25, -0.2) is 0 Å². The first-order valence-corrected chi connectivity index (χ1v) is 13.5. The Morgan fingerprint density at radius 2 is 1.53 bits per heavy atom. The van der Waals surface area contributed by atoms with Crippen molar-refractivity contribution in [2.45, 2.75) is 39.2 Å². The second kappa shape index (κ2) is 12.7. The molecule has 0 aliphatic carbocycles. The van der Waals surface area contributed by atoms with Crippen LogP contribution >= 0.6 is 24.0 Å². The van der Waals surface area contributed by atoms with Crippen molar-refractivity contribution >= 4 is 40.3 Å². The van der Waals surface area contributed by atoms with E-state index >= 15 is 0 Å². The van der Waals surface area contributed by atoms with Crippen LogP contribution in [0.1, 0.15) is 49.3 Å². The first-order valence-electron chi connectivity index (χ1n) is 12.3. The molecule has 1 unspecified atom stereocenters. The van der Waals surface area contributed by atoms with Crippen molar-refractivity contribution in [3.8, 4) is 11.5 Å². The summed E-state index contributed by atoms with van der Waals surface area (Å²) >= 11 is 6.79. The summed E-state index contributed by atoms with van der Waals surface area (Å²) in [5.74, 6) is 2.20. The van der Waals surface area contributed by atoms with E-state index in [1.165, 1.54) is 17.3 Å². The predicted octanol–water partition coefficient (Wildman–Crippen LogP) is 7.45. The number of rotatable bonds is 11. The van der Waals surface area contributed by atoms with E-state index in [1.54, 1.807) is 4.90 Å². The van der Waals surface area contributed by atoms with Crippen LogP contribution in [0, 0.1) is 0 Å². The highest BCUT2D eigenvalue weighted by Crippen LogP contribution is 2.33. The third-order valence-electron chi connectivity index (χ3n) is 6.12. The van der Waals surface area contributed by atoms with Crippen molar-refractivity contribution in [2.75, 3.05) is 13.2 Å². The maximum Gasteiger partial charge on any atom is 0.266 e. The molecule has 1 aliphatic rings. The maximum atomic E-state index is 12.9. The van der Waals surface area contributed by atoms with Gasteiger partial charge in [-0.15, -0.1) is 0 Å². The molecule has 1 aliphatic heterocycles. The third-order valence-corrected chi connectivity index (χ3v) is 7.50. The fraction of sp³-hybridized carbons (Fsp3) is 0.267. The molecule has 1 amide bonds. The summed E-state index contributed by atoms with van der Waals surface area (Å²) in [6.07, 6.45) is 3.81. The molecule has 4 nitrogen and oxygen atoms in total. The van der Waals surface area contributed by atoms with E-state index in [0.717, 1.165) is 35.5 Å². The summed E-state index contributed by atoms with van der Waals surface area (Å²) in [5, 5.41) is 0. The Bertz CT molecular complexity index is 1190. The molecule has 0 aromatic heterocycles. The van der Waals surface area contributed by atoms with Crippen LogP contribution in [0.3, 0.4) is 0 Å². The number of carbonyl (C=O) groups is 1. The smallest absolute Gasteiger partial charge is 0.266 e. The summed E-state index contributed by atoms with van der Waals surface area (Å²) in [5.41, 5.74) is 3.34. The minimum atomic E-state index is -0.0521. The average molecular weight is 518 g/mol. The van der Waals surface area contributed by atoms with Crippen LogP contribution in [0.15, 0.2) is 83.8 Å². The van der Waals surface area contributed by atoms with Crippen molar-refractivity contribution in [1.82, 2.24) is 4.90 Å². The number of nitrogens with zero attached hydrogens (tertiary/aromatic N) is 1. The lowest BCUT2D eigenvalue weighted by Crippen LogP contribution is -2.27. The molecular formula is C30H31NO3S2. The van der Waals surface area contributed by atoms with Crippen molar-refractivity contribution in [3.63, 3.8) is 0 Å². The minimum absolute atomic E-state index is 0.0521. The molecule has 36 heavy (non-hydrogen) atoms. The van der Waals surface area contributed by atoms with Crippen molar-refractivity contribution in [3.05, 3.63) is 100 Å². The summed E-state index contributed by atoms with van der Waals surface area (Å²) in [6, 6.07) is 26.0. The molecule has 6 heteroatoms. The number of amides is 1. The molecule has 186 valence electrons. The SMILES string of the molecule is CCC(C)c1ccc(OCCCOc2ccc(/C=C3\SC(=S)N(Cc4ccccc4)C3=O)cc2)cc1. The highest BCUT2D eigenvalue weighted by Gasteiger charge is 2.31. The van der Waals surface area contributed by atoms with Crippen LogP contribution in [0.4, 0.5) is 0 Å². The van der Waals surface area contributed by atoms with Gasteiger partial charge in [0, 0.05) is 6.42 Å². The fourth-order valence-electron chi connectivity index (χ4n) is 3.78. The lowest BCUT2D eigenvalue weighted by Gasteiger charge is -2.14. The molecule has 0 radical (unpaired) electrons. The van der Waals surface area contributed by atoms with Gasteiger partial charge in [-0.2, -0.15) is 0 Å². The van der Waals surface area contributed by atoms with Crippen LogP contribution in [-0.4, -0.2) is 28.3 Å². The molecule has 4 rings (SSSR count). The highest BCUT2D eigenvalue weighted by molar-refractivity contribution is 8.26. The summed E-state index contributed by atoms with van der Waals surface area (Å²) in [7, 11) is 0. The molecule has 1 fully saturated rings. The van der Waals surface area contributed by atoms with Gasteiger partial charge in [0.1, 0.15) is 15.8 Å². The van der Waals surface area contributed by atoms with Crippen LogP contribution in [0.5, 0.6) is 11.5 Å². The van der Waals surface area contributed by atoms with Gasteiger partial charge >= 0.3 is 0 Å². The molecule has 3 aromatic carbocycles. The third kappa shape index (κ3) is 6.99. The Morgan fingerprint density at radius 1 is 0.917 bits per heavy atom. The predicted molar refractivity (Wildman–Crippen MR) is 152 cm³/mol. The van der Waals surface area contributed by atoms with Crippen LogP contribution in [0.2, 0.25) is 0 Å². The summed E-state index contributed by atoms with van der Waals surface area (Å²) in [4.78, 5) is 15.2. The van der Waals surface area contributed by atoms with Gasteiger partial charge in [0.05, 0.1) is 24.7 Å². The Kier molecular flexibility index (Phi) is 9.20. The number of ether oxygens (including phenoxy) is 2. The summed E-state index contributed by atoms with van der Waals surface area (Å²) in [6.45, 7) is 6.10. The van der Waals surface area contributed by atoms with Crippen LogP contribution in [0.25, 0.3) is 6.08 Å². The van der Waals surface area contributed by atoms with E-state index in [4.69, 9.17) is 21.7 Å². The minimum Gasteiger partial charge on any atom is -0.493 e. The normalized spacial score (nSPS) is 15.4. The van der Waals surface area contributed by atoms with Gasteiger partial charge in [0.25, 0.3) is 5.91 Å². The van der Waals surface area contributed by atoms with Gasteiger partial charge in [-0.1, -0.05) is 92.4 Å². The summed E-state index contributed by atoms with van der Waals surface area (Å²) < 4.78 is 12.3. The second-order valence-electron chi connectivity index (χ2n) is 8.75. The Balaban J connectivity index is 1.22. The van der Waals surface area contributed by atoms with Crippen molar-refractivity contribution in [1.29, 1.82) is 0 Å². The standard InChI is InChI=1S/C30H31NO3S2/c1-3-22(2)25-12-16-27(17-13-25)34-19-7-18-33-26-14-10-23(11-15-26)20-28-29(32)31(30(35)36-28)21-24-8-5-4-6-9-24/h4-6,8-17,20,22H,3,7,18-19,21H2,1-2H3/b28-20-. The molecule has 1 atom stereocenters. The van der Waals surface area contributed by atoms with E-state index < -0.39 is 0 Å². The first-order chi connectivity index (χ1) is 17.5. The Morgan fingerprint density at radius 3 is 2.14 bits per heavy atom. The van der Waals surface area contributed by atoms with Gasteiger partial charge in [0.2, 0.25) is 0 Å². The number of hydrogen-bond acceptors (Lipinski definition) is 5. The zero-order chi connectivity index (χ0) is 25.3. The highest BCUT2D eigenvalue weighted by atomic mass is 32.2. The van der Waals surface area contributed by atoms with E-state index in [-0.39, 0.29) is 5.91 Å². The first kappa shape index (κ1) is 26.0. The fourth-order valence-corrected chi connectivity index (χ4v) is 5.04. The number of benzene rings is 3. The molecule has 1 heterocycles. The largest absolute Gasteiger partial charge is 0.493 e. The molecule has 0 saturated carbocycles. The number of hydrogen-bond donors (Lipinski definition) is 0. The van der Waals surface area contributed by atoms with Gasteiger partial charge in [-0.3, -0.25) is 9.69 Å². The van der Waals surface area contributed by atoms with E-state index in [9.17, 15) is 4.79 Å². The molecular weight excluding hydrogens is 486 g/mol. The molecule has 0 spiro atoms. The monoisotopic (exact) mass is 517 g/mol. The number of thioether (sulfide) groups is 1. The van der Waals surface area contributed by atoms with E-state index in [2.05, 4.69) is 26.0 Å². The lowest BCUT2D eigenvalue weighted by molar-refractivity contribution is -0.122. The topological polar surface area (TPSA) is 38.8 Å². The zero-order valence-electron chi connectivity index (χ0n) is 20.7.